The van der Waals surface area contributed by atoms with Gasteiger partial charge < -0.3 is 11.1 Å². The van der Waals surface area contributed by atoms with E-state index >= 15 is 0 Å². The van der Waals surface area contributed by atoms with Crippen molar-refractivity contribution in [1.29, 1.82) is 5.26 Å². The van der Waals surface area contributed by atoms with Gasteiger partial charge in [0.05, 0.1) is 5.69 Å². The number of nitriles is 1. The molecular weight excluding hydrogens is 248 g/mol. The monoisotopic (exact) mass is 262 g/mol. The molecule has 0 atom stereocenters. The Balaban J connectivity index is 2.19. The molecule has 0 spiro atoms. The predicted molar refractivity (Wildman–Crippen MR) is 71.3 cm³/mol. The highest BCUT2D eigenvalue weighted by Crippen LogP contribution is 2.26. The van der Waals surface area contributed by atoms with Crippen molar-refractivity contribution in [3.05, 3.63) is 22.5 Å². The summed E-state index contributed by atoms with van der Waals surface area (Å²) in [5.74, 6) is 0.282. The fraction of sp³-hybridized carbons (Fsp3) is 0.364. The molecule has 0 radical (unpaired) electrons. The fourth-order valence-electron chi connectivity index (χ4n) is 1.77. The van der Waals surface area contributed by atoms with Gasteiger partial charge in [0.15, 0.2) is 5.82 Å². The van der Waals surface area contributed by atoms with Gasteiger partial charge in [-0.1, -0.05) is 0 Å². The quantitative estimate of drug-likeness (QED) is 0.875. The lowest BCUT2D eigenvalue weighted by molar-refractivity contribution is 0.730. The topological polar surface area (TPSA) is 92.6 Å². The first kappa shape index (κ1) is 12.4. The van der Waals surface area contributed by atoms with Gasteiger partial charge in [-0.25, -0.2) is 0 Å². The molecule has 94 valence electrons. The van der Waals surface area contributed by atoms with E-state index in [9.17, 15) is 0 Å². The summed E-state index contributed by atoms with van der Waals surface area (Å²) in [7, 11) is 1.91. The van der Waals surface area contributed by atoms with Gasteiger partial charge in [0, 0.05) is 24.8 Å². The molecule has 0 amide bonds. The number of hydrogen-bond acceptors (Lipinski definition) is 6. The summed E-state index contributed by atoms with van der Waals surface area (Å²) < 4.78 is 5.81. The van der Waals surface area contributed by atoms with E-state index in [0.29, 0.717) is 17.1 Å². The molecule has 6 nitrogen and oxygen atoms in total. The summed E-state index contributed by atoms with van der Waals surface area (Å²) in [4.78, 5) is 0. The summed E-state index contributed by atoms with van der Waals surface area (Å²) in [5, 5.41) is 17.2. The number of nitrogen functional groups attached to an aromatic ring is 1. The minimum atomic E-state index is 0.282. The molecular formula is C11H14N6S. The molecule has 2 rings (SSSR count). The standard InChI is InChI=1S/C11H14N6S/c1-6-9(7(2)17(3)15-6)5-14-11-8(4-12)10(13)16-18-11/h14H,5H2,1-3H3,(H2,13,16). The van der Waals surface area contributed by atoms with Gasteiger partial charge in [-0.3, -0.25) is 4.68 Å². The molecule has 2 aromatic rings. The maximum Gasteiger partial charge on any atom is 0.157 e. The molecule has 3 N–H and O–H groups in total. The second-order valence-corrected chi connectivity index (χ2v) is 4.78. The number of hydrogen-bond donors (Lipinski definition) is 2. The Kier molecular flexibility index (Phi) is 3.21. The summed E-state index contributed by atoms with van der Waals surface area (Å²) in [5.41, 5.74) is 9.25. The first-order valence-corrected chi connectivity index (χ1v) is 6.20. The maximum absolute atomic E-state index is 8.98. The van der Waals surface area contributed by atoms with Crippen LogP contribution in [0.25, 0.3) is 0 Å². The molecule has 0 aliphatic rings. The molecule has 0 saturated heterocycles. The Morgan fingerprint density at radius 2 is 2.22 bits per heavy atom. The number of aromatic nitrogens is 3. The molecule has 18 heavy (non-hydrogen) atoms. The number of nitrogens with zero attached hydrogens (tertiary/aromatic N) is 4. The smallest absolute Gasteiger partial charge is 0.157 e. The molecule has 2 heterocycles. The molecule has 0 unspecified atom stereocenters. The molecule has 2 aromatic heterocycles. The van der Waals surface area contributed by atoms with Crippen LogP contribution in [0.3, 0.4) is 0 Å². The minimum Gasteiger partial charge on any atom is -0.382 e. The van der Waals surface area contributed by atoms with Gasteiger partial charge in [-0.15, -0.1) is 0 Å². The molecule has 0 aromatic carbocycles. The largest absolute Gasteiger partial charge is 0.382 e. The lowest BCUT2D eigenvalue weighted by atomic mass is 10.2. The van der Waals surface area contributed by atoms with E-state index in [2.05, 4.69) is 20.9 Å². The van der Waals surface area contributed by atoms with Crippen molar-refractivity contribution in [2.24, 2.45) is 7.05 Å². The third kappa shape index (κ3) is 2.02. The average Bonchev–Trinajstić information content (AvgIpc) is 2.79. The van der Waals surface area contributed by atoms with Crippen LogP contribution in [0.2, 0.25) is 0 Å². The second kappa shape index (κ2) is 4.66. The van der Waals surface area contributed by atoms with Gasteiger partial charge >= 0.3 is 0 Å². The van der Waals surface area contributed by atoms with Gasteiger partial charge in [0.1, 0.15) is 16.6 Å². The molecule has 0 aliphatic carbocycles. The van der Waals surface area contributed by atoms with E-state index in [1.165, 1.54) is 11.5 Å². The van der Waals surface area contributed by atoms with E-state index in [0.717, 1.165) is 17.0 Å². The maximum atomic E-state index is 8.98. The van der Waals surface area contributed by atoms with Gasteiger partial charge in [-0.2, -0.15) is 14.7 Å². The number of anilines is 2. The van der Waals surface area contributed by atoms with Crippen LogP contribution in [0.5, 0.6) is 0 Å². The Labute approximate surface area is 109 Å². The highest BCUT2D eigenvalue weighted by molar-refractivity contribution is 7.10. The van der Waals surface area contributed by atoms with Crippen LogP contribution in [0, 0.1) is 25.2 Å². The third-order valence-electron chi connectivity index (χ3n) is 2.91. The summed E-state index contributed by atoms with van der Waals surface area (Å²) in [6.07, 6.45) is 0. The summed E-state index contributed by atoms with van der Waals surface area (Å²) >= 11 is 1.20. The van der Waals surface area contributed by atoms with Crippen molar-refractivity contribution in [1.82, 2.24) is 14.2 Å². The fourth-order valence-corrected chi connectivity index (χ4v) is 2.43. The van der Waals surface area contributed by atoms with Crippen molar-refractivity contribution in [2.75, 3.05) is 11.1 Å². The molecule has 0 saturated carbocycles. The van der Waals surface area contributed by atoms with Crippen molar-refractivity contribution in [3.63, 3.8) is 0 Å². The summed E-state index contributed by atoms with van der Waals surface area (Å²) in [6, 6.07) is 2.05. The minimum absolute atomic E-state index is 0.282. The average molecular weight is 262 g/mol. The lowest BCUT2D eigenvalue weighted by Crippen LogP contribution is -2.02. The van der Waals surface area contributed by atoms with Crippen LogP contribution in [-0.2, 0) is 13.6 Å². The van der Waals surface area contributed by atoms with E-state index in [1.54, 1.807) is 0 Å². The predicted octanol–water partition coefficient (Wildman–Crippen LogP) is 1.56. The SMILES string of the molecule is Cc1nn(C)c(C)c1CNc1snc(N)c1C#N. The highest BCUT2D eigenvalue weighted by Gasteiger charge is 2.13. The van der Waals surface area contributed by atoms with Crippen molar-refractivity contribution >= 4 is 22.4 Å². The summed E-state index contributed by atoms with van der Waals surface area (Å²) in [6.45, 7) is 4.60. The van der Waals surface area contributed by atoms with Crippen molar-refractivity contribution in [3.8, 4) is 6.07 Å². The molecule has 0 fully saturated rings. The normalized spacial score (nSPS) is 10.3. The Morgan fingerprint density at radius 1 is 1.50 bits per heavy atom. The van der Waals surface area contributed by atoms with Crippen LogP contribution in [0.1, 0.15) is 22.5 Å². The van der Waals surface area contributed by atoms with E-state index in [4.69, 9.17) is 11.0 Å². The molecule has 0 bridgehead atoms. The molecule has 0 aliphatic heterocycles. The van der Waals surface area contributed by atoms with E-state index in [-0.39, 0.29) is 5.82 Å². The van der Waals surface area contributed by atoms with Gasteiger partial charge in [-0.05, 0) is 25.4 Å². The van der Waals surface area contributed by atoms with E-state index < -0.39 is 0 Å². The lowest BCUT2D eigenvalue weighted by Gasteiger charge is -2.04. The zero-order chi connectivity index (χ0) is 13.3. The van der Waals surface area contributed by atoms with Crippen LogP contribution >= 0.6 is 11.5 Å². The van der Waals surface area contributed by atoms with Gasteiger partial charge in [0.2, 0.25) is 0 Å². The third-order valence-corrected chi connectivity index (χ3v) is 3.73. The first-order valence-electron chi connectivity index (χ1n) is 5.42. The number of rotatable bonds is 3. The zero-order valence-electron chi connectivity index (χ0n) is 10.5. The van der Waals surface area contributed by atoms with Crippen LogP contribution in [0.4, 0.5) is 10.8 Å². The van der Waals surface area contributed by atoms with Crippen molar-refractivity contribution in [2.45, 2.75) is 20.4 Å². The zero-order valence-corrected chi connectivity index (χ0v) is 11.3. The Morgan fingerprint density at radius 3 is 2.78 bits per heavy atom. The Bertz CT molecular complexity index is 618. The van der Waals surface area contributed by atoms with Gasteiger partial charge in [0.25, 0.3) is 0 Å². The number of aryl methyl sites for hydroxylation is 2. The van der Waals surface area contributed by atoms with E-state index in [1.807, 2.05) is 25.6 Å². The van der Waals surface area contributed by atoms with Crippen LogP contribution < -0.4 is 11.1 Å². The Hall–Kier alpha value is -2.07. The highest BCUT2D eigenvalue weighted by atomic mass is 32.1. The number of nitrogens with one attached hydrogen (secondary N) is 1. The first-order chi connectivity index (χ1) is 8.54. The van der Waals surface area contributed by atoms with Crippen LogP contribution in [-0.4, -0.2) is 14.2 Å². The molecule has 7 heteroatoms. The van der Waals surface area contributed by atoms with Crippen molar-refractivity contribution < 1.29 is 0 Å². The second-order valence-electron chi connectivity index (χ2n) is 4.01. The van der Waals surface area contributed by atoms with Crippen LogP contribution in [0.15, 0.2) is 0 Å². The number of nitrogens with two attached hydrogens (primary N) is 1.